The topological polar surface area (TPSA) is 43.2 Å². The minimum atomic E-state index is 0.00559. The van der Waals surface area contributed by atoms with E-state index in [2.05, 4.69) is 39.4 Å². The van der Waals surface area contributed by atoms with Crippen molar-refractivity contribution >= 4 is 11.6 Å². The molecule has 5 rings (SSSR count). The van der Waals surface area contributed by atoms with Crippen LogP contribution in [0.4, 0.5) is 0 Å². The maximum Gasteiger partial charge on any atom is 0.140 e. The van der Waals surface area contributed by atoms with E-state index >= 15 is 0 Å². The van der Waals surface area contributed by atoms with E-state index in [1.54, 1.807) is 0 Å². The molecule has 150 valence electrons. The van der Waals surface area contributed by atoms with E-state index in [-0.39, 0.29) is 6.10 Å². The Labute approximate surface area is 176 Å². The molecule has 3 aromatic rings. The largest absolute Gasteiger partial charge is 0.482 e. The van der Waals surface area contributed by atoms with Gasteiger partial charge in [-0.2, -0.15) is 0 Å². The number of hydrogen-bond donors (Lipinski definition) is 0. The van der Waals surface area contributed by atoms with E-state index in [4.69, 9.17) is 16.3 Å². The van der Waals surface area contributed by atoms with Gasteiger partial charge in [-0.25, -0.2) is 0 Å². The van der Waals surface area contributed by atoms with Crippen molar-refractivity contribution in [2.75, 3.05) is 13.1 Å². The van der Waals surface area contributed by atoms with Crippen molar-refractivity contribution in [3.63, 3.8) is 0 Å². The first-order valence-electron chi connectivity index (χ1n) is 10.3. The Balaban J connectivity index is 1.46. The predicted octanol–water partition coefficient (Wildman–Crippen LogP) is 4.68. The molecule has 1 unspecified atom stereocenters. The average Bonchev–Trinajstić information content (AvgIpc) is 3.43. The quantitative estimate of drug-likeness (QED) is 0.628. The molecule has 6 heteroatoms. The number of hydrogen-bond acceptors (Lipinski definition) is 4. The van der Waals surface area contributed by atoms with Crippen LogP contribution in [0.15, 0.2) is 42.5 Å². The molecule has 0 saturated carbocycles. The molecule has 2 aliphatic rings. The second-order valence-electron chi connectivity index (χ2n) is 8.00. The normalized spacial score (nSPS) is 21.5. The summed E-state index contributed by atoms with van der Waals surface area (Å²) < 4.78 is 8.57. The highest BCUT2D eigenvalue weighted by Crippen LogP contribution is 2.41. The zero-order valence-electron chi connectivity index (χ0n) is 16.8. The van der Waals surface area contributed by atoms with Crippen LogP contribution < -0.4 is 4.74 Å². The van der Waals surface area contributed by atoms with Gasteiger partial charge in [0.2, 0.25) is 0 Å². The highest BCUT2D eigenvalue weighted by molar-refractivity contribution is 6.32. The smallest absolute Gasteiger partial charge is 0.140 e. The van der Waals surface area contributed by atoms with Gasteiger partial charge in [-0.1, -0.05) is 35.9 Å². The predicted molar refractivity (Wildman–Crippen MR) is 114 cm³/mol. The molecule has 5 nitrogen and oxygen atoms in total. The molecule has 1 fully saturated rings. The molecule has 29 heavy (non-hydrogen) atoms. The van der Waals surface area contributed by atoms with Crippen LogP contribution in [0.5, 0.6) is 5.75 Å². The SMILES string of the molecule is Cc1nnc(C)n1-c1ccc(O[C@H]2c3ccccc3CC2N2CCCC2)c(Cl)c1. The fourth-order valence-corrected chi connectivity index (χ4v) is 5.00. The van der Waals surface area contributed by atoms with E-state index in [1.807, 2.05) is 36.6 Å². The molecule has 2 atom stereocenters. The lowest BCUT2D eigenvalue weighted by molar-refractivity contribution is 0.0942. The zero-order valence-corrected chi connectivity index (χ0v) is 17.6. The minimum Gasteiger partial charge on any atom is -0.482 e. The molecule has 1 aliphatic carbocycles. The van der Waals surface area contributed by atoms with Gasteiger partial charge in [0.1, 0.15) is 23.5 Å². The number of rotatable bonds is 4. The first kappa shape index (κ1) is 18.6. The Kier molecular flexibility index (Phi) is 4.80. The van der Waals surface area contributed by atoms with Gasteiger partial charge in [0.05, 0.1) is 16.8 Å². The standard InChI is InChI=1S/C23H25ClN4O/c1-15-25-26-16(2)28(15)18-9-10-22(20(24)14-18)29-23-19-8-4-3-7-17(19)13-21(23)27-11-5-6-12-27/h3-4,7-10,14,21,23H,5-6,11-13H2,1-2H3/t21?,23-/m0/s1. The molecule has 0 spiro atoms. The Morgan fingerprint density at radius 3 is 2.45 bits per heavy atom. The Morgan fingerprint density at radius 1 is 1.00 bits per heavy atom. The molecule has 1 aromatic heterocycles. The maximum atomic E-state index is 6.67. The van der Waals surface area contributed by atoms with Crippen LogP contribution >= 0.6 is 11.6 Å². The van der Waals surface area contributed by atoms with Gasteiger partial charge in [-0.15, -0.1) is 10.2 Å². The van der Waals surface area contributed by atoms with Gasteiger partial charge < -0.3 is 4.74 Å². The fourth-order valence-electron chi connectivity index (χ4n) is 4.78. The van der Waals surface area contributed by atoms with Crippen LogP contribution in [0.1, 0.15) is 41.7 Å². The van der Waals surface area contributed by atoms with Gasteiger partial charge in [0, 0.05) is 0 Å². The molecule has 2 heterocycles. The second-order valence-corrected chi connectivity index (χ2v) is 8.40. The lowest BCUT2D eigenvalue weighted by Crippen LogP contribution is -2.38. The van der Waals surface area contributed by atoms with Crippen molar-refractivity contribution in [1.82, 2.24) is 19.7 Å². The van der Waals surface area contributed by atoms with Crippen LogP contribution in [0.3, 0.4) is 0 Å². The summed E-state index contributed by atoms with van der Waals surface area (Å²) in [5.74, 6) is 2.40. The summed E-state index contributed by atoms with van der Waals surface area (Å²) in [7, 11) is 0. The number of ether oxygens (including phenoxy) is 1. The first-order chi connectivity index (χ1) is 14.1. The molecule has 0 radical (unpaired) electrons. The molecule has 1 saturated heterocycles. The lowest BCUT2D eigenvalue weighted by Gasteiger charge is -2.30. The number of nitrogens with zero attached hydrogens (tertiary/aromatic N) is 4. The number of likely N-dealkylation sites (tertiary alicyclic amines) is 1. The number of halogens is 1. The molecule has 1 aliphatic heterocycles. The summed E-state index contributed by atoms with van der Waals surface area (Å²) in [4.78, 5) is 2.58. The molecular weight excluding hydrogens is 384 g/mol. The van der Waals surface area contributed by atoms with Crippen LogP contribution in [-0.2, 0) is 6.42 Å². The lowest BCUT2D eigenvalue weighted by atomic mass is 10.1. The highest BCUT2D eigenvalue weighted by atomic mass is 35.5. The summed E-state index contributed by atoms with van der Waals surface area (Å²) in [6, 6.07) is 14.9. The van der Waals surface area contributed by atoms with Crippen LogP contribution in [0.25, 0.3) is 5.69 Å². The zero-order chi connectivity index (χ0) is 20.0. The molecule has 0 N–H and O–H groups in total. The van der Waals surface area contributed by atoms with Crippen molar-refractivity contribution in [2.24, 2.45) is 0 Å². The third kappa shape index (κ3) is 3.32. The minimum absolute atomic E-state index is 0.00559. The van der Waals surface area contributed by atoms with Crippen LogP contribution in [-0.4, -0.2) is 38.8 Å². The maximum absolute atomic E-state index is 6.67. The third-order valence-corrected chi connectivity index (χ3v) is 6.46. The van der Waals surface area contributed by atoms with Crippen molar-refractivity contribution in [1.29, 1.82) is 0 Å². The van der Waals surface area contributed by atoms with Gasteiger partial charge in [0.25, 0.3) is 0 Å². The van der Waals surface area contributed by atoms with Gasteiger partial charge in [0.15, 0.2) is 0 Å². The number of fused-ring (bicyclic) bond motifs is 1. The number of aryl methyl sites for hydroxylation is 2. The molecule has 2 aromatic carbocycles. The van der Waals surface area contributed by atoms with Crippen LogP contribution in [0, 0.1) is 13.8 Å². The molecule has 0 amide bonds. The van der Waals surface area contributed by atoms with Crippen molar-refractivity contribution < 1.29 is 4.74 Å². The summed E-state index contributed by atoms with van der Waals surface area (Å²) >= 11 is 6.67. The summed E-state index contributed by atoms with van der Waals surface area (Å²) in [6.07, 6.45) is 3.58. The fraction of sp³-hybridized carbons (Fsp3) is 0.391. The van der Waals surface area contributed by atoms with E-state index in [0.717, 1.165) is 42.6 Å². The Hall–Kier alpha value is -2.37. The van der Waals surface area contributed by atoms with E-state index in [1.165, 1.54) is 24.0 Å². The summed E-state index contributed by atoms with van der Waals surface area (Å²) in [5.41, 5.74) is 3.62. The first-order valence-corrected chi connectivity index (χ1v) is 10.7. The van der Waals surface area contributed by atoms with E-state index < -0.39 is 0 Å². The van der Waals surface area contributed by atoms with Crippen LogP contribution in [0.2, 0.25) is 5.02 Å². The highest BCUT2D eigenvalue weighted by Gasteiger charge is 2.39. The molecular formula is C23H25ClN4O. The second kappa shape index (κ2) is 7.47. The van der Waals surface area contributed by atoms with Gasteiger partial charge in [-0.3, -0.25) is 9.47 Å². The molecule has 0 bridgehead atoms. The van der Waals surface area contributed by atoms with Crippen molar-refractivity contribution in [3.05, 3.63) is 70.3 Å². The average molecular weight is 409 g/mol. The Morgan fingerprint density at radius 2 is 1.72 bits per heavy atom. The summed E-state index contributed by atoms with van der Waals surface area (Å²) in [5, 5.41) is 8.89. The monoisotopic (exact) mass is 408 g/mol. The van der Waals surface area contributed by atoms with E-state index in [0.29, 0.717) is 11.1 Å². The van der Waals surface area contributed by atoms with E-state index in [9.17, 15) is 0 Å². The van der Waals surface area contributed by atoms with Crippen molar-refractivity contribution in [3.8, 4) is 11.4 Å². The van der Waals surface area contributed by atoms with Gasteiger partial charge in [-0.05, 0) is 75.5 Å². The Bertz CT molecular complexity index is 1020. The van der Waals surface area contributed by atoms with Gasteiger partial charge >= 0.3 is 0 Å². The third-order valence-electron chi connectivity index (χ3n) is 6.16. The summed E-state index contributed by atoms with van der Waals surface area (Å²) in [6.45, 7) is 6.18. The van der Waals surface area contributed by atoms with Crippen molar-refractivity contribution in [2.45, 2.75) is 45.3 Å². The number of benzene rings is 2. The number of aromatic nitrogens is 3.